The van der Waals surface area contributed by atoms with Crippen molar-refractivity contribution >= 4 is 22.5 Å². The molecule has 0 saturated carbocycles. The van der Waals surface area contributed by atoms with Gasteiger partial charge < -0.3 is 10.4 Å². The van der Waals surface area contributed by atoms with Crippen molar-refractivity contribution in [2.24, 2.45) is 0 Å². The molecule has 2 N–H and O–H groups in total. The van der Waals surface area contributed by atoms with Crippen LogP contribution in [0.25, 0.3) is 10.8 Å². The summed E-state index contributed by atoms with van der Waals surface area (Å²) in [7, 11) is 0. The van der Waals surface area contributed by atoms with Gasteiger partial charge in [-0.25, -0.2) is 0 Å². The minimum absolute atomic E-state index is 0.362. The summed E-state index contributed by atoms with van der Waals surface area (Å²) in [5.41, 5.74) is 0. The molecule has 2 aromatic carbocycles. The summed E-state index contributed by atoms with van der Waals surface area (Å²) in [5.74, 6) is 1.45. The van der Waals surface area contributed by atoms with Crippen LogP contribution in [0.1, 0.15) is 20.3 Å². The van der Waals surface area contributed by atoms with Crippen LogP contribution in [-0.4, -0.2) is 23.4 Å². The highest BCUT2D eigenvalue weighted by molar-refractivity contribution is 7.99. The Labute approximate surface area is 119 Å². The highest BCUT2D eigenvalue weighted by Crippen LogP contribution is 2.33. The van der Waals surface area contributed by atoms with Crippen molar-refractivity contribution in [1.29, 1.82) is 0 Å². The van der Waals surface area contributed by atoms with Crippen molar-refractivity contribution in [3.8, 4) is 5.75 Å². The molecule has 0 spiro atoms. The number of thioether (sulfide) groups is 1. The summed E-state index contributed by atoms with van der Waals surface area (Å²) in [6.07, 6.45) is 1.15. The van der Waals surface area contributed by atoms with Gasteiger partial charge in [0.15, 0.2) is 0 Å². The molecule has 0 aliphatic rings. The monoisotopic (exact) mass is 275 g/mol. The van der Waals surface area contributed by atoms with E-state index in [1.165, 1.54) is 4.90 Å². The van der Waals surface area contributed by atoms with Crippen LogP contribution < -0.4 is 5.32 Å². The number of hydrogen-bond acceptors (Lipinski definition) is 3. The normalized spacial score (nSPS) is 11.3. The van der Waals surface area contributed by atoms with E-state index in [2.05, 4.69) is 25.2 Å². The number of aromatic hydroxyl groups is 1. The summed E-state index contributed by atoms with van der Waals surface area (Å²) < 4.78 is 0. The fourth-order valence-electron chi connectivity index (χ4n) is 2.03. The lowest BCUT2D eigenvalue weighted by Gasteiger charge is -2.09. The average molecular weight is 275 g/mol. The van der Waals surface area contributed by atoms with Crippen LogP contribution in [0.4, 0.5) is 0 Å². The standard InChI is InChI=1S/C16H21NOS/c1-12(2)17-10-5-11-19-16-9-8-15(18)13-6-3-4-7-14(13)16/h3-4,6-9,12,17-18H,5,10-11H2,1-2H3. The van der Waals surface area contributed by atoms with E-state index in [0.717, 1.165) is 29.5 Å². The van der Waals surface area contributed by atoms with Gasteiger partial charge in [-0.05, 0) is 36.2 Å². The maximum atomic E-state index is 9.85. The second kappa shape index (κ2) is 6.83. The Bertz CT molecular complexity index is 539. The number of phenolic OH excluding ortho intramolecular Hbond substituents is 1. The summed E-state index contributed by atoms with van der Waals surface area (Å²) in [5, 5.41) is 15.4. The summed E-state index contributed by atoms with van der Waals surface area (Å²) in [6.45, 7) is 5.39. The average Bonchev–Trinajstić information content (AvgIpc) is 2.41. The number of nitrogens with one attached hydrogen (secondary N) is 1. The maximum absolute atomic E-state index is 9.85. The number of hydrogen-bond donors (Lipinski definition) is 2. The zero-order valence-electron chi connectivity index (χ0n) is 11.5. The predicted octanol–water partition coefficient (Wildman–Crippen LogP) is 4.03. The molecule has 0 aliphatic heterocycles. The Kier molecular flexibility index (Phi) is 5.11. The molecular weight excluding hydrogens is 254 g/mol. The van der Waals surface area contributed by atoms with Gasteiger partial charge in [0, 0.05) is 16.3 Å². The molecule has 0 radical (unpaired) electrons. The van der Waals surface area contributed by atoms with Crippen molar-refractivity contribution in [2.75, 3.05) is 12.3 Å². The van der Waals surface area contributed by atoms with E-state index in [1.54, 1.807) is 6.07 Å². The first-order valence-corrected chi connectivity index (χ1v) is 7.74. The van der Waals surface area contributed by atoms with Crippen LogP contribution in [0.3, 0.4) is 0 Å². The Hall–Kier alpha value is -1.19. The quantitative estimate of drug-likeness (QED) is 0.617. The fraction of sp³-hybridized carbons (Fsp3) is 0.375. The molecule has 0 amide bonds. The fourth-order valence-corrected chi connectivity index (χ4v) is 3.03. The smallest absolute Gasteiger partial charge is 0.123 e. The summed E-state index contributed by atoms with van der Waals surface area (Å²) in [6, 6.07) is 12.4. The van der Waals surface area contributed by atoms with Gasteiger partial charge in [0.25, 0.3) is 0 Å². The second-order valence-corrected chi connectivity index (χ2v) is 6.08. The zero-order valence-corrected chi connectivity index (χ0v) is 12.3. The lowest BCUT2D eigenvalue weighted by Crippen LogP contribution is -2.23. The molecule has 0 atom stereocenters. The van der Waals surface area contributed by atoms with E-state index in [4.69, 9.17) is 0 Å². The Balaban J connectivity index is 1.99. The van der Waals surface area contributed by atoms with Crippen molar-refractivity contribution in [3.05, 3.63) is 36.4 Å². The number of fused-ring (bicyclic) bond motifs is 1. The van der Waals surface area contributed by atoms with Gasteiger partial charge in [-0.1, -0.05) is 38.1 Å². The van der Waals surface area contributed by atoms with Crippen LogP contribution in [0, 0.1) is 0 Å². The largest absolute Gasteiger partial charge is 0.507 e. The number of phenols is 1. The predicted molar refractivity (Wildman–Crippen MR) is 84.1 cm³/mol. The Morgan fingerprint density at radius 3 is 2.58 bits per heavy atom. The minimum atomic E-state index is 0.362. The molecular formula is C16H21NOS. The molecule has 0 saturated heterocycles. The molecule has 0 aliphatic carbocycles. The van der Waals surface area contributed by atoms with Crippen LogP contribution in [0.5, 0.6) is 5.75 Å². The summed E-state index contributed by atoms with van der Waals surface area (Å²) >= 11 is 1.86. The van der Waals surface area contributed by atoms with E-state index in [-0.39, 0.29) is 0 Å². The molecule has 102 valence electrons. The van der Waals surface area contributed by atoms with Gasteiger partial charge in [-0.3, -0.25) is 0 Å². The van der Waals surface area contributed by atoms with Crippen molar-refractivity contribution < 1.29 is 5.11 Å². The third-order valence-electron chi connectivity index (χ3n) is 2.99. The molecule has 0 heterocycles. The van der Waals surface area contributed by atoms with Crippen LogP contribution in [0.2, 0.25) is 0 Å². The highest BCUT2D eigenvalue weighted by Gasteiger charge is 2.04. The highest BCUT2D eigenvalue weighted by atomic mass is 32.2. The van der Waals surface area contributed by atoms with E-state index in [0.29, 0.717) is 11.8 Å². The van der Waals surface area contributed by atoms with E-state index in [1.807, 2.05) is 36.0 Å². The molecule has 0 fully saturated rings. The van der Waals surface area contributed by atoms with Crippen LogP contribution >= 0.6 is 11.8 Å². The molecule has 2 rings (SSSR count). The maximum Gasteiger partial charge on any atom is 0.123 e. The van der Waals surface area contributed by atoms with Crippen molar-refractivity contribution in [1.82, 2.24) is 5.32 Å². The van der Waals surface area contributed by atoms with Gasteiger partial charge in [-0.2, -0.15) is 0 Å². The Morgan fingerprint density at radius 2 is 1.84 bits per heavy atom. The van der Waals surface area contributed by atoms with E-state index in [9.17, 15) is 5.11 Å². The van der Waals surface area contributed by atoms with Crippen LogP contribution in [-0.2, 0) is 0 Å². The zero-order chi connectivity index (χ0) is 13.7. The summed E-state index contributed by atoms with van der Waals surface area (Å²) in [4.78, 5) is 1.25. The third-order valence-corrected chi connectivity index (χ3v) is 4.15. The van der Waals surface area contributed by atoms with Gasteiger partial charge in [0.2, 0.25) is 0 Å². The number of benzene rings is 2. The molecule has 2 nitrogen and oxygen atoms in total. The lowest BCUT2D eigenvalue weighted by molar-refractivity contribution is 0.481. The molecule has 0 unspecified atom stereocenters. The molecule has 0 bridgehead atoms. The SMILES string of the molecule is CC(C)NCCCSc1ccc(O)c2ccccc12. The van der Waals surface area contributed by atoms with Gasteiger partial charge in [0.05, 0.1) is 0 Å². The molecule has 0 aromatic heterocycles. The third kappa shape index (κ3) is 3.88. The first-order valence-electron chi connectivity index (χ1n) is 6.75. The first-order chi connectivity index (χ1) is 9.18. The topological polar surface area (TPSA) is 32.3 Å². The van der Waals surface area contributed by atoms with Crippen molar-refractivity contribution in [2.45, 2.75) is 31.2 Å². The van der Waals surface area contributed by atoms with E-state index >= 15 is 0 Å². The van der Waals surface area contributed by atoms with E-state index < -0.39 is 0 Å². The van der Waals surface area contributed by atoms with Gasteiger partial charge in [-0.15, -0.1) is 11.8 Å². The van der Waals surface area contributed by atoms with Crippen LogP contribution in [0.15, 0.2) is 41.3 Å². The van der Waals surface area contributed by atoms with Gasteiger partial charge in [0.1, 0.15) is 5.75 Å². The first kappa shape index (κ1) is 14.2. The van der Waals surface area contributed by atoms with Crippen molar-refractivity contribution in [3.63, 3.8) is 0 Å². The molecule has 2 aromatic rings. The Morgan fingerprint density at radius 1 is 1.11 bits per heavy atom. The molecule has 19 heavy (non-hydrogen) atoms. The molecule has 3 heteroatoms. The van der Waals surface area contributed by atoms with Gasteiger partial charge >= 0.3 is 0 Å². The minimum Gasteiger partial charge on any atom is -0.507 e. The second-order valence-electron chi connectivity index (χ2n) is 4.94. The number of rotatable bonds is 6. The lowest BCUT2D eigenvalue weighted by atomic mass is 10.1.